The van der Waals surface area contributed by atoms with Crippen LogP contribution in [-0.4, -0.2) is 54.2 Å². The van der Waals surface area contributed by atoms with Gasteiger partial charge < -0.3 is 4.90 Å². The highest BCUT2D eigenvalue weighted by Gasteiger charge is 2.27. The standard InChI is InChI=1S/C17H23ClN2O2/c1-17(2,3)15(21)12-19-8-10-20(11-9-19)16(22)13-6-4-5-7-14(13)18/h4-7H,8-12H2,1-3H3. The summed E-state index contributed by atoms with van der Waals surface area (Å²) in [4.78, 5) is 28.5. The zero-order valence-electron chi connectivity index (χ0n) is 13.4. The van der Waals surface area contributed by atoms with Crippen LogP contribution in [-0.2, 0) is 4.79 Å². The highest BCUT2D eigenvalue weighted by molar-refractivity contribution is 6.33. The zero-order chi connectivity index (χ0) is 16.3. The number of ketones is 1. The number of carbonyl (C=O) groups is 2. The van der Waals surface area contributed by atoms with Crippen molar-refractivity contribution in [3.8, 4) is 0 Å². The molecule has 1 aliphatic rings. The first kappa shape index (κ1) is 17.0. The Bertz CT molecular complexity index is 558. The van der Waals surface area contributed by atoms with E-state index in [4.69, 9.17) is 11.6 Å². The number of halogens is 1. The molecule has 0 bridgehead atoms. The number of hydrogen-bond acceptors (Lipinski definition) is 3. The fourth-order valence-electron chi connectivity index (χ4n) is 2.35. The lowest BCUT2D eigenvalue weighted by molar-refractivity contribution is -0.127. The van der Waals surface area contributed by atoms with Crippen molar-refractivity contribution < 1.29 is 9.59 Å². The van der Waals surface area contributed by atoms with Crippen molar-refractivity contribution >= 4 is 23.3 Å². The van der Waals surface area contributed by atoms with Crippen LogP contribution in [0.3, 0.4) is 0 Å². The third-order valence-electron chi connectivity index (χ3n) is 3.97. The van der Waals surface area contributed by atoms with Gasteiger partial charge in [0.15, 0.2) is 5.78 Å². The quantitative estimate of drug-likeness (QED) is 0.859. The maximum absolute atomic E-state index is 12.5. The van der Waals surface area contributed by atoms with E-state index < -0.39 is 0 Å². The van der Waals surface area contributed by atoms with Crippen LogP contribution in [0.4, 0.5) is 0 Å². The van der Waals surface area contributed by atoms with Crippen LogP contribution in [0.1, 0.15) is 31.1 Å². The maximum atomic E-state index is 12.5. The Morgan fingerprint density at radius 3 is 2.23 bits per heavy atom. The van der Waals surface area contributed by atoms with Crippen molar-refractivity contribution in [2.75, 3.05) is 32.7 Å². The predicted octanol–water partition coefficient (Wildman–Crippen LogP) is 2.71. The first-order valence-electron chi connectivity index (χ1n) is 7.58. The molecule has 1 heterocycles. The van der Waals surface area contributed by atoms with E-state index in [2.05, 4.69) is 4.90 Å². The Hall–Kier alpha value is -1.39. The molecule has 0 aliphatic carbocycles. The Labute approximate surface area is 137 Å². The molecule has 1 saturated heterocycles. The molecular weight excluding hydrogens is 300 g/mol. The third-order valence-corrected chi connectivity index (χ3v) is 4.30. The van der Waals surface area contributed by atoms with Gasteiger partial charge in [0.2, 0.25) is 0 Å². The summed E-state index contributed by atoms with van der Waals surface area (Å²) in [6.07, 6.45) is 0. The second-order valence-electron chi connectivity index (χ2n) is 6.72. The highest BCUT2D eigenvalue weighted by atomic mass is 35.5. The van der Waals surface area contributed by atoms with E-state index in [1.165, 1.54) is 0 Å². The van der Waals surface area contributed by atoms with Crippen molar-refractivity contribution in [2.24, 2.45) is 5.41 Å². The summed E-state index contributed by atoms with van der Waals surface area (Å²) in [7, 11) is 0. The number of rotatable bonds is 3. The van der Waals surface area contributed by atoms with Gasteiger partial charge in [-0.05, 0) is 12.1 Å². The largest absolute Gasteiger partial charge is 0.336 e. The molecule has 0 aromatic heterocycles. The minimum atomic E-state index is -0.315. The normalized spacial score (nSPS) is 16.6. The molecular formula is C17H23ClN2O2. The van der Waals surface area contributed by atoms with Gasteiger partial charge in [-0.25, -0.2) is 0 Å². The Balaban J connectivity index is 1.91. The molecule has 5 heteroatoms. The molecule has 2 rings (SSSR count). The van der Waals surface area contributed by atoms with Gasteiger partial charge >= 0.3 is 0 Å². The summed E-state index contributed by atoms with van der Waals surface area (Å²) in [5, 5.41) is 0.484. The molecule has 0 unspecified atom stereocenters. The van der Waals surface area contributed by atoms with Crippen molar-refractivity contribution in [1.82, 2.24) is 9.80 Å². The molecule has 0 spiro atoms. The van der Waals surface area contributed by atoms with E-state index >= 15 is 0 Å². The lowest BCUT2D eigenvalue weighted by Crippen LogP contribution is -2.50. The van der Waals surface area contributed by atoms with E-state index in [9.17, 15) is 9.59 Å². The second kappa shape index (κ2) is 6.80. The minimum Gasteiger partial charge on any atom is -0.336 e. The van der Waals surface area contributed by atoms with Gasteiger partial charge in [-0.2, -0.15) is 0 Å². The number of nitrogens with zero attached hydrogens (tertiary/aromatic N) is 2. The monoisotopic (exact) mass is 322 g/mol. The highest BCUT2D eigenvalue weighted by Crippen LogP contribution is 2.19. The van der Waals surface area contributed by atoms with Crippen molar-refractivity contribution in [1.29, 1.82) is 0 Å². The Kier molecular flexibility index (Phi) is 5.24. The van der Waals surface area contributed by atoms with Crippen LogP contribution in [0.2, 0.25) is 5.02 Å². The van der Waals surface area contributed by atoms with Crippen LogP contribution in [0, 0.1) is 5.41 Å². The SMILES string of the molecule is CC(C)(C)C(=O)CN1CCN(C(=O)c2ccccc2Cl)CC1. The van der Waals surface area contributed by atoms with E-state index in [1.807, 2.05) is 32.9 Å². The van der Waals surface area contributed by atoms with Gasteiger partial charge in [-0.1, -0.05) is 44.5 Å². The number of carbonyl (C=O) groups excluding carboxylic acids is 2. The van der Waals surface area contributed by atoms with Crippen LogP contribution >= 0.6 is 11.6 Å². The summed E-state index contributed by atoms with van der Waals surface area (Å²) in [5.41, 5.74) is 0.230. The van der Waals surface area contributed by atoms with Crippen molar-refractivity contribution in [3.05, 3.63) is 34.9 Å². The topological polar surface area (TPSA) is 40.6 Å². The second-order valence-corrected chi connectivity index (χ2v) is 7.13. The molecule has 0 saturated carbocycles. The van der Waals surface area contributed by atoms with Gasteiger partial charge in [0.1, 0.15) is 0 Å². The number of piperazine rings is 1. The van der Waals surface area contributed by atoms with Gasteiger partial charge in [0, 0.05) is 31.6 Å². The number of benzene rings is 1. The zero-order valence-corrected chi connectivity index (χ0v) is 14.2. The summed E-state index contributed by atoms with van der Waals surface area (Å²) in [5.74, 6) is 0.200. The van der Waals surface area contributed by atoms with E-state index in [1.54, 1.807) is 17.0 Å². The third kappa shape index (κ3) is 4.08. The molecule has 1 aromatic rings. The smallest absolute Gasteiger partial charge is 0.255 e. The van der Waals surface area contributed by atoms with Gasteiger partial charge in [-0.15, -0.1) is 0 Å². The van der Waals surface area contributed by atoms with Crippen LogP contribution < -0.4 is 0 Å². The molecule has 120 valence electrons. The lowest BCUT2D eigenvalue weighted by Gasteiger charge is -2.35. The van der Waals surface area contributed by atoms with E-state index in [0.717, 1.165) is 13.1 Å². The average molecular weight is 323 g/mol. The molecule has 4 nitrogen and oxygen atoms in total. The molecule has 1 amide bonds. The fourth-order valence-corrected chi connectivity index (χ4v) is 2.57. The fraction of sp³-hybridized carbons (Fsp3) is 0.529. The molecule has 0 atom stereocenters. The molecule has 0 radical (unpaired) electrons. The summed E-state index contributed by atoms with van der Waals surface area (Å²) < 4.78 is 0. The maximum Gasteiger partial charge on any atom is 0.255 e. The van der Waals surface area contributed by atoms with Crippen molar-refractivity contribution in [3.63, 3.8) is 0 Å². The van der Waals surface area contributed by atoms with Gasteiger partial charge in [-0.3, -0.25) is 14.5 Å². The summed E-state index contributed by atoms with van der Waals surface area (Å²) in [6.45, 7) is 8.96. The average Bonchev–Trinajstić information content (AvgIpc) is 2.47. The first-order chi connectivity index (χ1) is 10.3. The van der Waals surface area contributed by atoms with Crippen LogP contribution in [0.5, 0.6) is 0 Å². The Morgan fingerprint density at radius 2 is 1.68 bits per heavy atom. The minimum absolute atomic E-state index is 0.0348. The van der Waals surface area contributed by atoms with Crippen LogP contribution in [0.15, 0.2) is 24.3 Å². The number of Topliss-reactive ketones (excluding diaryl/α,β-unsaturated/α-hetero) is 1. The molecule has 1 aromatic carbocycles. The Morgan fingerprint density at radius 1 is 1.09 bits per heavy atom. The molecule has 22 heavy (non-hydrogen) atoms. The van der Waals surface area contributed by atoms with Crippen LogP contribution in [0.25, 0.3) is 0 Å². The molecule has 1 aliphatic heterocycles. The summed E-state index contributed by atoms with van der Waals surface area (Å²) in [6, 6.07) is 7.11. The van der Waals surface area contributed by atoms with E-state index in [-0.39, 0.29) is 17.1 Å². The molecule has 0 N–H and O–H groups in total. The molecule has 1 fully saturated rings. The summed E-state index contributed by atoms with van der Waals surface area (Å²) >= 11 is 6.08. The van der Waals surface area contributed by atoms with Gasteiger partial charge in [0.25, 0.3) is 5.91 Å². The predicted molar refractivity (Wildman–Crippen MR) is 88.3 cm³/mol. The van der Waals surface area contributed by atoms with Crippen molar-refractivity contribution in [2.45, 2.75) is 20.8 Å². The van der Waals surface area contributed by atoms with Gasteiger partial charge in [0.05, 0.1) is 17.1 Å². The number of hydrogen-bond donors (Lipinski definition) is 0. The first-order valence-corrected chi connectivity index (χ1v) is 7.96. The van der Waals surface area contributed by atoms with E-state index in [0.29, 0.717) is 30.2 Å². The number of amides is 1. The lowest BCUT2D eigenvalue weighted by atomic mass is 9.90.